The van der Waals surface area contributed by atoms with Crippen LogP contribution in [-0.2, 0) is 0 Å². The highest BCUT2D eigenvalue weighted by atomic mass is 79.9. The van der Waals surface area contributed by atoms with Crippen LogP contribution < -0.4 is 5.73 Å². The van der Waals surface area contributed by atoms with Crippen LogP contribution in [0.3, 0.4) is 0 Å². The Labute approximate surface area is 114 Å². The molecule has 1 aromatic carbocycles. The van der Waals surface area contributed by atoms with Crippen molar-refractivity contribution >= 4 is 33.4 Å². The van der Waals surface area contributed by atoms with Gasteiger partial charge in [0.15, 0.2) is 0 Å². The second-order valence-corrected chi connectivity index (χ2v) is 5.73. The minimum Gasteiger partial charge on any atom is -0.397 e. The molecule has 0 atom stereocenters. The molecule has 1 aromatic heterocycles. The second-order valence-electron chi connectivity index (χ2n) is 3.88. The lowest BCUT2D eigenvalue weighted by Crippen LogP contribution is -1.94. The van der Waals surface area contributed by atoms with E-state index in [2.05, 4.69) is 52.1 Å². The van der Waals surface area contributed by atoms with Crippen LogP contribution in [0.2, 0.25) is 0 Å². The Morgan fingerprint density at radius 3 is 2.76 bits per heavy atom. The third-order valence-corrected chi connectivity index (χ3v) is 4.70. The highest BCUT2D eigenvalue weighted by Gasteiger charge is 2.08. The Kier molecular flexibility index (Phi) is 3.74. The van der Waals surface area contributed by atoms with E-state index in [0.717, 1.165) is 15.1 Å². The van der Waals surface area contributed by atoms with Crippen molar-refractivity contribution < 1.29 is 0 Å². The number of nitrogens with zero attached hydrogens (tertiary/aromatic N) is 1. The summed E-state index contributed by atoms with van der Waals surface area (Å²) >= 11 is 5.18. The van der Waals surface area contributed by atoms with Crippen molar-refractivity contribution in [2.45, 2.75) is 23.8 Å². The van der Waals surface area contributed by atoms with Crippen molar-refractivity contribution in [3.63, 3.8) is 0 Å². The lowest BCUT2D eigenvalue weighted by atomic mass is 10.2. The maximum absolute atomic E-state index is 5.81. The van der Waals surface area contributed by atoms with Crippen LogP contribution in [0.5, 0.6) is 0 Å². The molecule has 0 bridgehead atoms. The SMILES string of the molecule is Cc1cccc(Sc2ncc(N)c(C)c2Br)c1. The molecule has 0 aliphatic carbocycles. The van der Waals surface area contributed by atoms with Crippen molar-refractivity contribution in [2.24, 2.45) is 0 Å². The van der Waals surface area contributed by atoms with Crippen LogP contribution in [0, 0.1) is 13.8 Å². The lowest BCUT2D eigenvalue weighted by Gasteiger charge is -2.08. The van der Waals surface area contributed by atoms with E-state index in [9.17, 15) is 0 Å². The molecule has 2 N–H and O–H groups in total. The number of hydrogen-bond acceptors (Lipinski definition) is 3. The van der Waals surface area contributed by atoms with Gasteiger partial charge in [0, 0.05) is 4.90 Å². The predicted molar refractivity (Wildman–Crippen MR) is 76.4 cm³/mol. The summed E-state index contributed by atoms with van der Waals surface area (Å²) in [6, 6.07) is 8.36. The molecule has 0 amide bonds. The average Bonchev–Trinajstić information content (AvgIpc) is 2.30. The molecule has 2 nitrogen and oxygen atoms in total. The zero-order chi connectivity index (χ0) is 12.4. The molecule has 0 radical (unpaired) electrons. The maximum atomic E-state index is 5.81. The van der Waals surface area contributed by atoms with E-state index in [1.807, 2.05) is 6.92 Å². The normalized spacial score (nSPS) is 10.5. The highest BCUT2D eigenvalue weighted by molar-refractivity contribution is 9.10. The Morgan fingerprint density at radius 2 is 2.06 bits per heavy atom. The Balaban J connectivity index is 2.34. The maximum Gasteiger partial charge on any atom is 0.115 e. The molecule has 4 heteroatoms. The molecule has 0 fully saturated rings. The molecule has 0 aliphatic rings. The van der Waals surface area contributed by atoms with Gasteiger partial charge in [0.05, 0.1) is 16.4 Å². The number of aryl methyl sites for hydroxylation is 1. The van der Waals surface area contributed by atoms with E-state index in [-0.39, 0.29) is 0 Å². The number of benzene rings is 1. The molecule has 0 aliphatic heterocycles. The fourth-order valence-electron chi connectivity index (χ4n) is 1.43. The van der Waals surface area contributed by atoms with Crippen LogP contribution >= 0.6 is 27.7 Å². The first kappa shape index (κ1) is 12.5. The van der Waals surface area contributed by atoms with Crippen molar-refractivity contribution in [2.75, 3.05) is 5.73 Å². The number of anilines is 1. The zero-order valence-corrected chi connectivity index (χ0v) is 12.1. The first-order valence-electron chi connectivity index (χ1n) is 5.23. The Hall–Kier alpha value is -1.00. The highest BCUT2D eigenvalue weighted by Crippen LogP contribution is 2.35. The molecule has 2 rings (SSSR count). The number of aromatic nitrogens is 1. The summed E-state index contributed by atoms with van der Waals surface area (Å²) < 4.78 is 0.976. The topological polar surface area (TPSA) is 38.9 Å². The average molecular weight is 309 g/mol. The third kappa shape index (κ3) is 2.82. The number of nitrogens with two attached hydrogens (primary N) is 1. The molecule has 2 aromatic rings. The van der Waals surface area contributed by atoms with Gasteiger partial charge < -0.3 is 5.73 Å². The van der Waals surface area contributed by atoms with Gasteiger partial charge in [-0.1, -0.05) is 29.5 Å². The molecule has 17 heavy (non-hydrogen) atoms. The summed E-state index contributed by atoms with van der Waals surface area (Å²) in [6.07, 6.45) is 1.71. The Morgan fingerprint density at radius 1 is 1.29 bits per heavy atom. The van der Waals surface area contributed by atoms with Gasteiger partial charge in [-0.2, -0.15) is 0 Å². The smallest absolute Gasteiger partial charge is 0.115 e. The molecule has 88 valence electrons. The summed E-state index contributed by atoms with van der Waals surface area (Å²) in [5.74, 6) is 0. The van der Waals surface area contributed by atoms with E-state index in [1.165, 1.54) is 10.5 Å². The standard InChI is InChI=1S/C13H13BrN2S/c1-8-4-3-5-10(6-8)17-13-12(14)9(2)11(15)7-16-13/h3-7H,15H2,1-2H3. The van der Waals surface area contributed by atoms with E-state index in [0.29, 0.717) is 5.69 Å². The second kappa shape index (κ2) is 5.10. The lowest BCUT2D eigenvalue weighted by molar-refractivity contribution is 1.09. The molecule has 0 spiro atoms. The van der Waals surface area contributed by atoms with Gasteiger partial charge in [-0.05, 0) is 47.5 Å². The largest absolute Gasteiger partial charge is 0.397 e. The monoisotopic (exact) mass is 308 g/mol. The van der Waals surface area contributed by atoms with Gasteiger partial charge in [0.1, 0.15) is 5.03 Å². The van der Waals surface area contributed by atoms with E-state index in [1.54, 1.807) is 18.0 Å². The summed E-state index contributed by atoms with van der Waals surface area (Å²) in [5, 5.41) is 0.947. The van der Waals surface area contributed by atoms with E-state index < -0.39 is 0 Å². The summed E-state index contributed by atoms with van der Waals surface area (Å²) in [4.78, 5) is 5.54. The van der Waals surface area contributed by atoms with Gasteiger partial charge >= 0.3 is 0 Å². The first-order valence-corrected chi connectivity index (χ1v) is 6.84. The summed E-state index contributed by atoms with van der Waals surface area (Å²) in [5.41, 5.74) is 8.80. The van der Waals surface area contributed by atoms with Crippen LogP contribution in [0.1, 0.15) is 11.1 Å². The van der Waals surface area contributed by atoms with Crippen molar-refractivity contribution in [1.82, 2.24) is 4.98 Å². The van der Waals surface area contributed by atoms with Gasteiger partial charge in [0.2, 0.25) is 0 Å². The quantitative estimate of drug-likeness (QED) is 0.904. The van der Waals surface area contributed by atoms with Crippen LogP contribution in [0.25, 0.3) is 0 Å². The van der Waals surface area contributed by atoms with Crippen molar-refractivity contribution in [3.8, 4) is 0 Å². The van der Waals surface area contributed by atoms with Crippen LogP contribution in [-0.4, -0.2) is 4.98 Å². The number of rotatable bonds is 2. The molecule has 0 unspecified atom stereocenters. The van der Waals surface area contributed by atoms with Crippen molar-refractivity contribution in [3.05, 3.63) is 46.1 Å². The number of nitrogen functional groups attached to an aromatic ring is 1. The predicted octanol–water partition coefficient (Wildman–Crippen LogP) is 4.19. The molecule has 0 saturated heterocycles. The van der Waals surface area contributed by atoms with E-state index in [4.69, 9.17) is 5.73 Å². The number of hydrogen-bond donors (Lipinski definition) is 1. The minimum atomic E-state index is 0.713. The van der Waals surface area contributed by atoms with Crippen LogP contribution in [0.4, 0.5) is 5.69 Å². The van der Waals surface area contributed by atoms with Gasteiger partial charge in [-0.25, -0.2) is 4.98 Å². The van der Waals surface area contributed by atoms with Crippen LogP contribution in [0.15, 0.2) is 44.9 Å². The molecule has 1 heterocycles. The molecule has 0 saturated carbocycles. The molecular formula is C13H13BrN2S. The fraction of sp³-hybridized carbons (Fsp3) is 0.154. The van der Waals surface area contributed by atoms with Gasteiger partial charge in [0.25, 0.3) is 0 Å². The van der Waals surface area contributed by atoms with Gasteiger partial charge in [-0.3, -0.25) is 0 Å². The minimum absolute atomic E-state index is 0.713. The van der Waals surface area contributed by atoms with Gasteiger partial charge in [-0.15, -0.1) is 0 Å². The fourth-order valence-corrected chi connectivity index (χ4v) is 2.97. The Bertz CT molecular complexity index is 555. The first-order chi connectivity index (χ1) is 8.08. The third-order valence-electron chi connectivity index (χ3n) is 2.47. The zero-order valence-electron chi connectivity index (χ0n) is 9.70. The number of halogens is 1. The molecular weight excluding hydrogens is 296 g/mol. The van der Waals surface area contributed by atoms with E-state index >= 15 is 0 Å². The summed E-state index contributed by atoms with van der Waals surface area (Å²) in [7, 11) is 0. The summed E-state index contributed by atoms with van der Waals surface area (Å²) in [6.45, 7) is 4.07. The number of pyridine rings is 1. The van der Waals surface area contributed by atoms with Crippen molar-refractivity contribution in [1.29, 1.82) is 0 Å².